The van der Waals surface area contributed by atoms with E-state index in [4.69, 9.17) is 4.74 Å². The third-order valence-electron chi connectivity index (χ3n) is 4.11. The molecule has 5 nitrogen and oxygen atoms in total. The Labute approximate surface area is 124 Å². The number of nitrogens with one attached hydrogen (secondary N) is 2. The van der Waals surface area contributed by atoms with E-state index in [0.29, 0.717) is 13.0 Å². The molecule has 0 spiro atoms. The molecule has 1 saturated heterocycles. The number of fused-ring (bicyclic) bond motifs is 1. The van der Waals surface area contributed by atoms with E-state index in [1.54, 1.807) is 0 Å². The highest BCUT2D eigenvalue weighted by molar-refractivity contribution is 5.98. The largest absolute Gasteiger partial charge is 0.368 e. The van der Waals surface area contributed by atoms with Crippen LogP contribution in [0.15, 0.2) is 18.2 Å². The van der Waals surface area contributed by atoms with E-state index in [9.17, 15) is 9.59 Å². The van der Waals surface area contributed by atoms with Gasteiger partial charge >= 0.3 is 0 Å². The molecule has 0 bridgehead atoms. The molecule has 2 N–H and O–H groups in total. The van der Waals surface area contributed by atoms with Gasteiger partial charge in [-0.2, -0.15) is 0 Å². The fraction of sp³-hybridized carbons (Fsp3) is 0.500. The van der Waals surface area contributed by atoms with E-state index in [1.165, 1.54) is 0 Å². The van der Waals surface area contributed by atoms with Crippen molar-refractivity contribution in [1.29, 1.82) is 0 Å². The molecule has 1 aromatic rings. The molecule has 2 aliphatic rings. The van der Waals surface area contributed by atoms with Gasteiger partial charge in [0, 0.05) is 29.8 Å². The van der Waals surface area contributed by atoms with Gasteiger partial charge in [-0.1, -0.05) is 13.8 Å². The second kappa shape index (κ2) is 5.15. The Morgan fingerprint density at radius 1 is 1.43 bits per heavy atom. The molecule has 0 saturated carbocycles. The highest BCUT2D eigenvalue weighted by atomic mass is 16.5. The molecule has 2 amide bonds. The fourth-order valence-electron chi connectivity index (χ4n) is 2.99. The zero-order valence-corrected chi connectivity index (χ0v) is 12.4. The quantitative estimate of drug-likeness (QED) is 0.878. The molecule has 21 heavy (non-hydrogen) atoms. The van der Waals surface area contributed by atoms with Gasteiger partial charge in [-0.25, -0.2) is 0 Å². The zero-order valence-electron chi connectivity index (χ0n) is 12.4. The predicted molar refractivity (Wildman–Crippen MR) is 80.3 cm³/mol. The van der Waals surface area contributed by atoms with Crippen LogP contribution in [0.1, 0.15) is 38.7 Å². The number of carbonyl (C=O) groups is 2. The molecule has 1 aromatic carbocycles. The molecule has 112 valence electrons. The monoisotopic (exact) mass is 288 g/mol. The second-order valence-electron chi connectivity index (χ2n) is 6.36. The van der Waals surface area contributed by atoms with Crippen molar-refractivity contribution >= 4 is 23.2 Å². The number of amides is 2. The second-order valence-corrected chi connectivity index (χ2v) is 6.36. The number of hydrogen-bond donors (Lipinski definition) is 2. The van der Waals surface area contributed by atoms with Gasteiger partial charge in [0.15, 0.2) is 0 Å². The van der Waals surface area contributed by atoms with Gasteiger partial charge in [-0.05, 0) is 36.6 Å². The molecular formula is C16H20N2O3. The van der Waals surface area contributed by atoms with Crippen LogP contribution in [0.5, 0.6) is 0 Å². The Balaban J connectivity index is 1.82. The van der Waals surface area contributed by atoms with Crippen LogP contribution in [0.4, 0.5) is 11.4 Å². The summed E-state index contributed by atoms with van der Waals surface area (Å²) in [6.07, 6.45) is 1.82. The number of benzene rings is 1. The summed E-state index contributed by atoms with van der Waals surface area (Å²) < 4.78 is 5.39. The van der Waals surface area contributed by atoms with Crippen LogP contribution < -0.4 is 10.6 Å². The number of carbonyl (C=O) groups excluding carboxylic acids is 2. The smallest absolute Gasteiger partial charge is 0.253 e. The first-order chi connectivity index (χ1) is 9.95. The molecule has 1 fully saturated rings. The highest BCUT2D eigenvalue weighted by Gasteiger charge is 2.32. The summed E-state index contributed by atoms with van der Waals surface area (Å²) in [7, 11) is 0. The molecule has 0 unspecified atom stereocenters. The lowest BCUT2D eigenvalue weighted by Gasteiger charge is -2.32. The van der Waals surface area contributed by atoms with Gasteiger partial charge in [-0.15, -0.1) is 0 Å². The van der Waals surface area contributed by atoms with Crippen molar-refractivity contribution in [2.45, 2.75) is 44.6 Å². The number of rotatable bonds is 2. The number of ether oxygens (including phenoxy) is 1. The number of anilines is 2. The van der Waals surface area contributed by atoms with Crippen molar-refractivity contribution in [2.75, 3.05) is 17.2 Å². The topological polar surface area (TPSA) is 67.4 Å². The average Bonchev–Trinajstić information content (AvgIpc) is 2.92. The Morgan fingerprint density at radius 2 is 2.24 bits per heavy atom. The molecule has 0 radical (unpaired) electrons. The van der Waals surface area contributed by atoms with Crippen LogP contribution >= 0.6 is 0 Å². The summed E-state index contributed by atoms with van der Waals surface area (Å²) >= 11 is 0. The SMILES string of the molecule is CC1(C)CC(=O)Nc2ccc(NC(=O)[C@H]3CCCO3)cc21. The van der Waals surface area contributed by atoms with Crippen molar-refractivity contribution in [3.05, 3.63) is 23.8 Å². The highest BCUT2D eigenvalue weighted by Crippen LogP contribution is 2.38. The molecule has 3 rings (SSSR count). The zero-order chi connectivity index (χ0) is 15.0. The molecule has 0 aliphatic carbocycles. The first kappa shape index (κ1) is 14.1. The van der Waals surface area contributed by atoms with Crippen LogP contribution in [-0.4, -0.2) is 24.5 Å². The lowest BCUT2D eigenvalue weighted by molar-refractivity contribution is -0.124. The molecule has 5 heteroatoms. The van der Waals surface area contributed by atoms with Crippen LogP contribution in [0.2, 0.25) is 0 Å². The summed E-state index contributed by atoms with van der Waals surface area (Å²) in [4.78, 5) is 23.8. The third kappa shape index (κ3) is 2.78. The van der Waals surface area contributed by atoms with Gasteiger partial charge in [-0.3, -0.25) is 9.59 Å². The van der Waals surface area contributed by atoms with E-state index in [-0.39, 0.29) is 23.3 Å². The van der Waals surface area contributed by atoms with E-state index in [1.807, 2.05) is 32.0 Å². The predicted octanol–water partition coefficient (Wildman–Crippen LogP) is 2.42. The van der Waals surface area contributed by atoms with Crippen LogP contribution in [0, 0.1) is 0 Å². The van der Waals surface area contributed by atoms with Gasteiger partial charge < -0.3 is 15.4 Å². The summed E-state index contributed by atoms with van der Waals surface area (Å²) in [5.41, 5.74) is 2.39. The Bertz CT molecular complexity index is 589. The normalized spacial score (nSPS) is 23.3. The van der Waals surface area contributed by atoms with Crippen molar-refractivity contribution in [3.8, 4) is 0 Å². The maximum Gasteiger partial charge on any atom is 0.253 e. The lowest BCUT2D eigenvalue weighted by atomic mass is 9.78. The van der Waals surface area contributed by atoms with Crippen molar-refractivity contribution < 1.29 is 14.3 Å². The fourth-order valence-corrected chi connectivity index (χ4v) is 2.99. The minimum absolute atomic E-state index is 0.0311. The molecule has 0 aromatic heterocycles. The van der Waals surface area contributed by atoms with Gasteiger partial charge in [0.25, 0.3) is 5.91 Å². The maximum atomic E-state index is 12.1. The van der Waals surface area contributed by atoms with E-state index >= 15 is 0 Å². The number of hydrogen-bond acceptors (Lipinski definition) is 3. The Hall–Kier alpha value is -1.88. The van der Waals surface area contributed by atoms with Crippen LogP contribution in [-0.2, 0) is 19.7 Å². The first-order valence-electron chi connectivity index (χ1n) is 7.32. The summed E-state index contributed by atoms with van der Waals surface area (Å²) in [6, 6.07) is 5.61. The summed E-state index contributed by atoms with van der Waals surface area (Å²) in [5.74, 6) is -0.0613. The van der Waals surface area contributed by atoms with Gasteiger partial charge in [0.05, 0.1) is 0 Å². The summed E-state index contributed by atoms with van der Waals surface area (Å²) in [5, 5.41) is 5.78. The Kier molecular flexibility index (Phi) is 3.45. The van der Waals surface area contributed by atoms with E-state index in [2.05, 4.69) is 10.6 Å². The van der Waals surface area contributed by atoms with Gasteiger partial charge in [0.1, 0.15) is 6.10 Å². The molecule has 2 heterocycles. The minimum atomic E-state index is -0.339. The minimum Gasteiger partial charge on any atom is -0.368 e. The van der Waals surface area contributed by atoms with Crippen LogP contribution in [0.3, 0.4) is 0 Å². The summed E-state index contributed by atoms with van der Waals surface area (Å²) in [6.45, 7) is 4.73. The van der Waals surface area contributed by atoms with E-state index < -0.39 is 0 Å². The van der Waals surface area contributed by atoms with Crippen molar-refractivity contribution in [2.24, 2.45) is 0 Å². The maximum absolute atomic E-state index is 12.1. The van der Waals surface area contributed by atoms with Gasteiger partial charge in [0.2, 0.25) is 5.91 Å². The molecule has 1 atom stereocenters. The van der Waals surface area contributed by atoms with Crippen LogP contribution in [0.25, 0.3) is 0 Å². The molecule has 2 aliphatic heterocycles. The standard InChI is InChI=1S/C16H20N2O3/c1-16(2)9-14(19)18-12-6-5-10(8-11(12)16)17-15(20)13-4-3-7-21-13/h5-6,8,13H,3-4,7,9H2,1-2H3,(H,17,20)(H,18,19)/t13-/m1/s1. The van der Waals surface area contributed by atoms with Crippen molar-refractivity contribution in [3.63, 3.8) is 0 Å². The first-order valence-corrected chi connectivity index (χ1v) is 7.32. The van der Waals surface area contributed by atoms with Crippen molar-refractivity contribution in [1.82, 2.24) is 0 Å². The average molecular weight is 288 g/mol. The molecular weight excluding hydrogens is 268 g/mol. The Morgan fingerprint density at radius 3 is 2.95 bits per heavy atom. The third-order valence-corrected chi connectivity index (χ3v) is 4.11. The lowest BCUT2D eigenvalue weighted by Crippen LogP contribution is -2.33. The van der Waals surface area contributed by atoms with E-state index in [0.717, 1.165) is 29.8 Å².